The molecule has 21 heavy (non-hydrogen) atoms. The summed E-state index contributed by atoms with van der Waals surface area (Å²) in [7, 11) is 0. The largest absolute Gasteiger partial charge is 0.466 e. The summed E-state index contributed by atoms with van der Waals surface area (Å²) in [5.74, 6) is 0.0628. The van der Waals surface area contributed by atoms with Gasteiger partial charge in [-0.25, -0.2) is 0 Å². The van der Waals surface area contributed by atoms with E-state index in [0.29, 0.717) is 23.4 Å². The summed E-state index contributed by atoms with van der Waals surface area (Å²) in [6.45, 7) is 1.58. The Hall–Kier alpha value is -2.60. The van der Waals surface area contributed by atoms with Crippen LogP contribution in [0.2, 0.25) is 0 Å². The fourth-order valence-corrected chi connectivity index (χ4v) is 1.81. The lowest BCUT2D eigenvalue weighted by molar-refractivity contribution is -0.105. The predicted molar refractivity (Wildman–Crippen MR) is 76.7 cm³/mol. The van der Waals surface area contributed by atoms with E-state index in [1.54, 1.807) is 43.3 Å². The van der Waals surface area contributed by atoms with E-state index in [-0.39, 0.29) is 12.5 Å². The molecule has 6 nitrogen and oxygen atoms in total. The molecule has 1 aromatic carbocycles. The molecule has 1 unspecified atom stereocenters. The van der Waals surface area contributed by atoms with Gasteiger partial charge in [0.2, 0.25) is 6.41 Å². The van der Waals surface area contributed by atoms with Gasteiger partial charge in [0.25, 0.3) is 5.91 Å². The first-order chi connectivity index (χ1) is 10.0. The predicted octanol–water partition coefficient (Wildman–Crippen LogP) is 1.49. The fraction of sp³-hybridized carbons (Fsp3) is 0.200. The van der Waals surface area contributed by atoms with Crippen LogP contribution in [0.3, 0.4) is 0 Å². The number of benzene rings is 1. The molecule has 0 aliphatic carbocycles. The van der Waals surface area contributed by atoms with Crippen LogP contribution >= 0.6 is 0 Å². The van der Waals surface area contributed by atoms with Crippen LogP contribution in [0.5, 0.6) is 0 Å². The molecule has 0 radical (unpaired) electrons. The van der Waals surface area contributed by atoms with E-state index in [0.717, 1.165) is 0 Å². The monoisotopic (exact) mass is 288 g/mol. The van der Waals surface area contributed by atoms with Crippen molar-refractivity contribution in [3.8, 4) is 0 Å². The van der Waals surface area contributed by atoms with Crippen molar-refractivity contribution in [2.75, 3.05) is 11.9 Å². The lowest BCUT2D eigenvalue weighted by Crippen LogP contribution is -2.38. The maximum Gasteiger partial charge on any atom is 0.251 e. The van der Waals surface area contributed by atoms with Gasteiger partial charge in [0.1, 0.15) is 11.4 Å². The van der Waals surface area contributed by atoms with Crippen molar-refractivity contribution >= 4 is 18.0 Å². The SMILES string of the molecule is CC(O)(CNC(=O)c1ccc(NC=O)cc1)c1ccco1. The van der Waals surface area contributed by atoms with Crippen LogP contribution in [0.25, 0.3) is 0 Å². The summed E-state index contributed by atoms with van der Waals surface area (Å²) >= 11 is 0. The number of hydrogen-bond donors (Lipinski definition) is 3. The number of rotatable bonds is 6. The van der Waals surface area contributed by atoms with Crippen molar-refractivity contribution in [3.63, 3.8) is 0 Å². The molecule has 0 bridgehead atoms. The van der Waals surface area contributed by atoms with Gasteiger partial charge >= 0.3 is 0 Å². The minimum atomic E-state index is -1.28. The molecule has 0 aliphatic rings. The van der Waals surface area contributed by atoms with E-state index in [4.69, 9.17) is 4.42 Å². The van der Waals surface area contributed by atoms with Crippen LogP contribution in [0, 0.1) is 0 Å². The highest BCUT2D eigenvalue weighted by molar-refractivity contribution is 5.94. The van der Waals surface area contributed by atoms with E-state index < -0.39 is 5.60 Å². The van der Waals surface area contributed by atoms with Crippen molar-refractivity contribution in [2.45, 2.75) is 12.5 Å². The Morgan fingerprint density at radius 2 is 2.05 bits per heavy atom. The van der Waals surface area contributed by atoms with Gasteiger partial charge in [-0.3, -0.25) is 9.59 Å². The zero-order valence-corrected chi connectivity index (χ0v) is 11.5. The summed E-state index contributed by atoms with van der Waals surface area (Å²) in [6.07, 6.45) is 2.03. The molecule has 0 spiro atoms. The van der Waals surface area contributed by atoms with Crippen molar-refractivity contribution in [1.82, 2.24) is 5.32 Å². The fourth-order valence-electron chi connectivity index (χ4n) is 1.81. The highest BCUT2D eigenvalue weighted by Crippen LogP contribution is 2.20. The van der Waals surface area contributed by atoms with Gasteiger partial charge in [-0.1, -0.05) is 0 Å². The first-order valence-corrected chi connectivity index (χ1v) is 6.38. The van der Waals surface area contributed by atoms with Gasteiger partial charge < -0.3 is 20.2 Å². The molecule has 0 saturated heterocycles. The first-order valence-electron chi connectivity index (χ1n) is 6.38. The Bertz CT molecular complexity index is 603. The molecule has 2 aromatic rings. The number of aliphatic hydroxyl groups is 1. The third-order valence-corrected chi connectivity index (χ3v) is 3.02. The maximum absolute atomic E-state index is 12.0. The molecule has 6 heteroatoms. The molecule has 0 fully saturated rings. The zero-order chi connectivity index (χ0) is 15.3. The average molecular weight is 288 g/mol. The normalized spacial score (nSPS) is 13.2. The molecule has 0 aliphatic heterocycles. The van der Waals surface area contributed by atoms with Crippen LogP contribution in [-0.2, 0) is 10.4 Å². The zero-order valence-electron chi connectivity index (χ0n) is 11.5. The number of nitrogens with one attached hydrogen (secondary N) is 2. The Balaban J connectivity index is 1.97. The Morgan fingerprint density at radius 3 is 2.62 bits per heavy atom. The molecule has 0 saturated carbocycles. The summed E-state index contributed by atoms with van der Waals surface area (Å²) in [4.78, 5) is 22.3. The molecular weight excluding hydrogens is 272 g/mol. The Kier molecular flexibility index (Phi) is 4.39. The summed E-state index contributed by atoms with van der Waals surface area (Å²) in [6, 6.07) is 9.73. The second-order valence-corrected chi connectivity index (χ2v) is 4.77. The number of hydrogen-bond acceptors (Lipinski definition) is 4. The highest BCUT2D eigenvalue weighted by atomic mass is 16.4. The van der Waals surface area contributed by atoms with Crippen LogP contribution in [-0.4, -0.2) is 24.0 Å². The topological polar surface area (TPSA) is 91.6 Å². The molecule has 110 valence electrons. The van der Waals surface area contributed by atoms with Crippen molar-refractivity contribution in [3.05, 3.63) is 54.0 Å². The molecular formula is C15H16N2O4. The lowest BCUT2D eigenvalue weighted by Gasteiger charge is -2.21. The van der Waals surface area contributed by atoms with E-state index in [1.165, 1.54) is 6.26 Å². The summed E-state index contributed by atoms with van der Waals surface area (Å²) in [5, 5.41) is 15.4. The molecule has 1 atom stereocenters. The van der Waals surface area contributed by atoms with Gasteiger partial charge in [0.05, 0.1) is 12.8 Å². The van der Waals surface area contributed by atoms with Gasteiger partial charge in [-0.05, 0) is 43.3 Å². The Morgan fingerprint density at radius 1 is 1.33 bits per heavy atom. The highest BCUT2D eigenvalue weighted by Gasteiger charge is 2.26. The van der Waals surface area contributed by atoms with E-state index in [2.05, 4.69) is 10.6 Å². The van der Waals surface area contributed by atoms with Crippen LogP contribution in [0.4, 0.5) is 5.69 Å². The Labute approximate surface area is 121 Å². The second-order valence-electron chi connectivity index (χ2n) is 4.77. The van der Waals surface area contributed by atoms with Gasteiger partial charge in [0, 0.05) is 11.3 Å². The smallest absolute Gasteiger partial charge is 0.251 e. The van der Waals surface area contributed by atoms with E-state index >= 15 is 0 Å². The minimum Gasteiger partial charge on any atom is -0.466 e. The average Bonchev–Trinajstić information content (AvgIpc) is 3.01. The van der Waals surface area contributed by atoms with E-state index in [1.807, 2.05) is 0 Å². The summed E-state index contributed by atoms with van der Waals surface area (Å²) < 4.78 is 5.14. The van der Waals surface area contributed by atoms with Crippen molar-refractivity contribution in [2.24, 2.45) is 0 Å². The molecule has 2 amide bonds. The van der Waals surface area contributed by atoms with Crippen molar-refractivity contribution < 1.29 is 19.1 Å². The van der Waals surface area contributed by atoms with Crippen LogP contribution in [0.1, 0.15) is 23.0 Å². The third kappa shape index (κ3) is 3.70. The second kappa shape index (κ2) is 6.23. The standard InChI is InChI=1S/C15H16N2O4/c1-15(20,13-3-2-8-21-13)9-16-14(19)11-4-6-12(7-5-11)17-10-18/h2-8,10,20H,9H2,1H3,(H,16,19)(H,17,18). The van der Waals surface area contributed by atoms with Gasteiger partial charge in [-0.15, -0.1) is 0 Å². The number of carbonyl (C=O) groups is 2. The number of furan rings is 1. The van der Waals surface area contributed by atoms with E-state index in [9.17, 15) is 14.7 Å². The quantitative estimate of drug-likeness (QED) is 0.702. The lowest BCUT2D eigenvalue weighted by atomic mass is 10.0. The number of amides is 2. The first kappa shape index (κ1) is 14.8. The summed E-state index contributed by atoms with van der Waals surface area (Å²) in [5.41, 5.74) is -0.246. The third-order valence-electron chi connectivity index (χ3n) is 3.02. The molecule has 3 N–H and O–H groups in total. The van der Waals surface area contributed by atoms with Gasteiger partial charge in [-0.2, -0.15) is 0 Å². The minimum absolute atomic E-state index is 0.0215. The van der Waals surface area contributed by atoms with Crippen LogP contribution < -0.4 is 10.6 Å². The molecule has 1 aromatic heterocycles. The maximum atomic E-state index is 12.0. The van der Waals surface area contributed by atoms with Gasteiger partial charge in [0.15, 0.2) is 0 Å². The van der Waals surface area contributed by atoms with Crippen molar-refractivity contribution in [1.29, 1.82) is 0 Å². The number of anilines is 1. The molecule has 1 heterocycles. The van der Waals surface area contributed by atoms with Crippen LogP contribution in [0.15, 0.2) is 47.1 Å². The molecule has 2 rings (SSSR count). The number of carbonyl (C=O) groups excluding carboxylic acids is 2.